The van der Waals surface area contributed by atoms with Crippen LogP contribution >= 0.6 is 0 Å². The molecule has 0 aromatic rings. The highest BCUT2D eigenvalue weighted by atomic mass is 16.6. The highest BCUT2D eigenvalue weighted by molar-refractivity contribution is 5.95. The molecule has 0 spiro atoms. The first-order chi connectivity index (χ1) is 7.62. The van der Waals surface area contributed by atoms with Crippen LogP contribution in [0.5, 0.6) is 0 Å². The summed E-state index contributed by atoms with van der Waals surface area (Å²) in [6.07, 6.45) is 0.832. The number of hydrogen-bond donors (Lipinski definition) is 0. The minimum atomic E-state index is -1.11. The fourth-order valence-electron chi connectivity index (χ4n) is 2.06. The third kappa shape index (κ3) is 2.61. The average Bonchev–Trinajstić information content (AvgIpc) is 2.13. The fraction of sp³-hybridized carbons (Fsp3) is 0.846. The number of hydrogen-bond acceptors (Lipinski definition) is 4. The summed E-state index contributed by atoms with van der Waals surface area (Å²) in [5.74, 6) is -1.02. The SMILES string of the molecule is CC[C@H](C)[C@@H]1C(=O)O[C@@]1(C)C(=O)OC(C)(C)C. The van der Waals surface area contributed by atoms with Crippen molar-refractivity contribution in [3.63, 3.8) is 0 Å². The molecule has 0 aromatic heterocycles. The lowest BCUT2D eigenvalue weighted by atomic mass is 9.74. The Labute approximate surface area is 103 Å². The average molecular weight is 242 g/mol. The Morgan fingerprint density at radius 1 is 1.53 bits per heavy atom. The highest BCUT2D eigenvalue weighted by Crippen LogP contribution is 2.42. The number of carbonyl (C=O) groups excluding carboxylic acids is 2. The van der Waals surface area contributed by atoms with Gasteiger partial charge in [-0.25, -0.2) is 4.79 Å². The van der Waals surface area contributed by atoms with Gasteiger partial charge < -0.3 is 9.47 Å². The van der Waals surface area contributed by atoms with Gasteiger partial charge in [0.05, 0.1) is 0 Å². The first-order valence-corrected chi connectivity index (χ1v) is 6.08. The van der Waals surface area contributed by atoms with Gasteiger partial charge in [-0.1, -0.05) is 20.3 Å². The van der Waals surface area contributed by atoms with Crippen LogP contribution in [0.25, 0.3) is 0 Å². The van der Waals surface area contributed by atoms with Gasteiger partial charge in [-0.05, 0) is 33.6 Å². The van der Waals surface area contributed by atoms with Crippen LogP contribution in [0.3, 0.4) is 0 Å². The number of ether oxygens (including phenoxy) is 2. The Morgan fingerprint density at radius 2 is 2.06 bits per heavy atom. The van der Waals surface area contributed by atoms with E-state index >= 15 is 0 Å². The van der Waals surface area contributed by atoms with Gasteiger partial charge in [-0.2, -0.15) is 0 Å². The molecule has 0 aromatic carbocycles. The van der Waals surface area contributed by atoms with Crippen molar-refractivity contribution in [3.8, 4) is 0 Å². The first-order valence-electron chi connectivity index (χ1n) is 6.08. The molecule has 0 radical (unpaired) electrons. The van der Waals surface area contributed by atoms with Gasteiger partial charge in [0.2, 0.25) is 5.60 Å². The summed E-state index contributed by atoms with van der Waals surface area (Å²) in [4.78, 5) is 23.5. The molecule has 0 bridgehead atoms. The van der Waals surface area contributed by atoms with E-state index in [4.69, 9.17) is 9.47 Å². The van der Waals surface area contributed by atoms with E-state index in [-0.39, 0.29) is 17.8 Å². The molecule has 0 unspecified atom stereocenters. The molecule has 1 rings (SSSR count). The largest absolute Gasteiger partial charge is 0.457 e. The molecule has 1 heterocycles. The lowest BCUT2D eigenvalue weighted by Gasteiger charge is -2.46. The number of cyclic esters (lactones) is 1. The van der Waals surface area contributed by atoms with Crippen molar-refractivity contribution >= 4 is 11.9 Å². The summed E-state index contributed by atoms with van der Waals surface area (Å²) in [6, 6.07) is 0. The fourth-order valence-corrected chi connectivity index (χ4v) is 2.06. The molecule has 1 fully saturated rings. The predicted octanol–water partition coefficient (Wildman–Crippen LogP) is 2.31. The third-order valence-corrected chi connectivity index (χ3v) is 3.18. The van der Waals surface area contributed by atoms with Crippen molar-refractivity contribution in [2.75, 3.05) is 0 Å². The van der Waals surface area contributed by atoms with Crippen LogP contribution < -0.4 is 0 Å². The quantitative estimate of drug-likeness (QED) is 0.713. The molecule has 0 amide bonds. The second-order valence-corrected chi connectivity index (χ2v) is 5.89. The van der Waals surface area contributed by atoms with E-state index in [0.717, 1.165) is 6.42 Å². The van der Waals surface area contributed by atoms with Gasteiger partial charge >= 0.3 is 11.9 Å². The van der Waals surface area contributed by atoms with Crippen LogP contribution in [0.4, 0.5) is 0 Å². The normalized spacial score (nSPS) is 30.2. The van der Waals surface area contributed by atoms with E-state index in [9.17, 15) is 9.59 Å². The molecule has 4 nitrogen and oxygen atoms in total. The molecule has 0 aliphatic carbocycles. The zero-order valence-electron chi connectivity index (χ0n) is 11.5. The number of esters is 2. The van der Waals surface area contributed by atoms with E-state index < -0.39 is 17.2 Å². The molecule has 17 heavy (non-hydrogen) atoms. The Bertz CT molecular complexity index is 329. The van der Waals surface area contributed by atoms with E-state index in [2.05, 4.69) is 0 Å². The summed E-state index contributed by atoms with van der Waals surface area (Å²) in [5.41, 5.74) is -1.68. The maximum atomic E-state index is 12.0. The predicted molar refractivity (Wildman–Crippen MR) is 63.3 cm³/mol. The number of carbonyl (C=O) groups is 2. The van der Waals surface area contributed by atoms with Crippen LogP contribution in [0.2, 0.25) is 0 Å². The molecule has 3 atom stereocenters. The van der Waals surface area contributed by atoms with Crippen LogP contribution in [-0.2, 0) is 19.1 Å². The van der Waals surface area contributed by atoms with Gasteiger partial charge in [0.1, 0.15) is 11.5 Å². The van der Waals surface area contributed by atoms with E-state index in [1.807, 2.05) is 13.8 Å². The molecule has 1 aliphatic rings. The van der Waals surface area contributed by atoms with Gasteiger partial charge in [0.25, 0.3) is 0 Å². The monoisotopic (exact) mass is 242 g/mol. The molecule has 98 valence electrons. The van der Waals surface area contributed by atoms with Crippen LogP contribution in [0, 0.1) is 11.8 Å². The van der Waals surface area contributed by atoms with Crippen molar-refractivity contribution in [1.29, 1.82) is 0 Å². The van der Waals surface area contributed by atoms with Crippen LogP contribution in [-0.4, -0.2) is 23.1 Å². The Kier molecular flexibility index (Phi) is 3.55. The molecule has 1 aliphatic heterocycles. The molecular weight excluding hydrogens is 220 g/mol. The highest BCUT2D eigenvalue weighted by Gasteiger charge is 2.61. The van der Waals surface area contributed by atoms with Crippen molar-refractivity contribution in [3.05, 3.63) is 0 Å². The lowest BCUT2D eigenvalue weighted by molar-refractivity contribution is -0.232. The summed E-state index contributed by atoms with van der Waals surface area (Å²) in [5, 5.41) is 0. The minimum Gasteiger partial charge on any atom is -0.457 e. The maximum Gasteiger partial charge on any atom is 0.351 e. The molecule has 0 saturated carbocycles. The van der Waals surface area contributed by atoms with Crippen LogP contribution in [0.1, 0.15) is 48.0 Å². The molecule has 4 heteroatoms. The zero-order chi connectivity index (χ0) is 13.4. The van der Waals surface area contributed by atoms with Gasteiger partial charge in [0, 0.05) is 0 Å². The summed E-state index contributed by atoms with van der Waals surface area (Å²) in [7, 11) is 0. The van der Waals surface area contributed by atoms with E-state index in [1.54, 1.807) is 27.7 Å². The molecule has 0 N–H and O–H groups in total. The van der Waals surface area contributed by atoms with Crippen molar-refractivity contribution in [2.24, 2.45) is 11.8 Å². The Hall–Kier alpha value is -1.06. The van der Waals surface area contributed by atoms with Crippen molar-refractivity contribution in [1.82, 2.24) is 0 Å². The summed E-state index contributed by atoms with van der Waals surface area (Å²) in [6.45, 7) is 11.0. The number of rotatable bonds is 3. The second-order valence-electron chi connectivity index (χ2n) is 5.89. The Balaban J connectivity index is 2.82. The summed E-state index contributed by atoms with van der Waals surface area (Å²) < 4.78 is 10.4. The van der Waals surface area contributed by atoms with Crippen molar-refractivity contribution < 1.29 is 19.1 Å². The first kappa shape index (κ1) is 14.0. The van der Waals surface area contributed by atoms with Gasteiger partial charge in [-0.15, -0.1) is 0 Å². The van der Waals surface area contributed by atoms with E-state index in [0.29, 0.717) is 0 Å². The smallest absolute Gasteiger partial charge is 0.351 e. The topological polar surface area (TPSA) is 52.6 Å². The second kappa shape index (κ2) is 4.31. The minimum absolute atomic E-state index is 0.119. The van der Waals surface area contributed by atoms with Gasteiger partial charge in [-0.3, -0.25) is 4.79 Å². The van der Waals surface area contributed by atoms with Crippen LogP contribution in [0.15, 0.2) is 0 Å². The molecular formula is C13H22O4. The zero-order valence-corrected chi connectivity index (χ0v) is 11.5. The van der Waals surface area contributed by atoms with Gasteiger partial charge in [0.15, 0.2) is 0 Å². The third-order valence-electron chi connectivity index (χ3n) is 3.18. The molecule has 1 saturated heterocycles. The van der Waals surface area contributed by atoms with E-state index in [1.165, 1.54) is 0 Å². The Morgan fingerprint density at radius 3 is 2.41 bits per heavy atom. The maximum absolute atomic E-state index is 12.0. The summed E-state index contributed by atoms with van der Waals surface area (Å²) >= 11 is 0. The van der Waals surface area contributed by atoms with Crippen molar-refractivity contribution in [2.45, 2.75) is 59.2 Å². The lowest BCUT2D eigenvalue weighted by Crippen LogP contribution is -2.63. The standard InChI is InChI=1S/C13H22O4/c1-7-8(2)9-10(14)16-13(9,6)11(15)17-12(3,4)5/h8-9H,7H2,1-6H3/t8-,9+,13+/m0/s1.